The van der Waals surface area contributed by atoms with Crippen molar-refractivity contribution in [2.45, 2.75) is 25.0 Å². The van der Waals surface area contributed by atoms with E-state index in [0.717, 1.165) is 10.5 Å². The number of aliphatic carboxylic acids is 1. The molecule has 0 aliphatic rings. The van der Waals surface area contributed by atoms with Crippen LogP contribution in [0, 0.1) is 0 Å². The molecule has 0 fully saturated rings. The highest BCUT2D eigenvalue weighted by Crippen LogP contribution is 2.24. The van der Waals surface area contributed by atoms with Crippen molar-refractivity contribution < 1.29 is 34.2 Å². The van der Waals surface area contributed by atoms with Gasteiger partial charge in [-0.05, 0) is 47.9 Å². The number of anilines is 1. The molecule has 0 aliphatic carbocycles. The van der Waals surface area contributed by atoms with E-state index in [2.05, 4.69) is 10.6 Å². The summed E-state index contributed by atoms with van der Waals surface area (Å²) in [5, 5.41) is 23.1. The Balaban J connectivity index is 1.89. The second kappa shape index (κ2) is 13.5. The molecule has 0 spiro atoms. The lowest BCUT2D eigenvalue weighted by Gasteiger charge is -2.28. The normalized spacial score (nSPS) is 12.0. The number of nitrogens with zero attached hydrogens (tertiary/aromatic N) is 1. The highest BCUT2D eigenvalue weighted by Gasteiger charge is 2.28. The third-order valence-corrected chi connectivity index (χ3v) is 5.67. The SMILES string of the molecule is NC(NC(=O)c1ccc(O)cc1)C(=O)N(CC(=O)N[C@H](C=O)CC(=O)O)c1ccccc1Cc1ccccc1. The van der Waals surface area contributed by atoms with Gasteiger partial charge >= 0.3 is 5.97 Å². The largest absolute Gasteiger partial charge is 0.508 e. The number of carbonyl (C=O) groups excluding carboxylic acids is 4. The number of nitrogens with one attached hydrogen (secondary N) is 2. The van der Waals surface area contributed by atoms with Crippen molar-refractivity contribution in [2.24, 2.45) is 5.73 Å². The lowest BCUT2D eigenvalue weighted by molar-refractivity contribution is -0.138. The molecule has 3 rings (SSSR count). The van der Waals surface area contributed by atoms with Crippen molar-refractivity contribution in [3.63, 3.8) is 0 Å². The van der Waals surface area contributed by atoms with Crippen LogP contribution in [0.25, 0.3) is 0 Å². The molecule has 202 valence electrons. The molecule has 0 saturated carbocycles. The molecule has 11 heteroatoms. The van der Waals surface area contributed by atoms with Crippen LogP contribution in [-0.2, 0) is 25.6 Å². The van der Waals surface area contributed by atoms with Crippen LogP contribution in [0.2, 0.25) is 0 Å². The first-order valence-electron chi connectivity index (χ1n) is 11.9. The minimum atomic E-state index is -1.57. The Morgan fingerprint density at radius 3 is 2.18 bits per heavy atom. The molecule has 2 atom stereocenters. The summed E-state index contributed by atoms with van der Waals surface area (Å²) in [4.78, 5) is 62.4. The molecule has 0 saturated heterocycles. The van der Waals surface area contributed by atoms with Gasteiger partial charge in [0.1, 0.15) is 18.6 Å². The van der Waals surface area contributed by atoms with Gasteiger partial charge in [-0.2, -0.15) is 0 Å². The van der Waals surface area contributed by atoms with Crippen molar-refractivity contribution in [1.29, 1.82) is 0 Å². The summed E-state index contributed by atoms with van der Waals surface area (Å²) in [6, 6.07) is 20.3. The summed E-state index contributed by atoms with van der Waals surface area (Å²) in [5.41, 5.74) is 8.17. The Bertz CT molecular complexity index is 1330. The van der Waals surface area contributed by atoms with Crippen molar-refractivity contribution in [3.8, 4) is 5.75 Å². The number of amides is 3. The van der Waals surface area contributed by atoms with Crippen molar-refractivity contribution in [2.75, 3.05) is 11.4 Å². The topological polar surface area (TPSA) is 179 Å². The Kier molecular flexibility index (Phi) is 9.88. The molecule has 11 nitrogen and oxygen atoms in total. The molecule has 3 aromatic carbocycles. The zero-order chi connectivity index (χ0) is 28.4. The number of hydrogen-bond donors (Lipinski definition) is 5. The van der Waals surface area contributed by atoms with Crippen molar-refractivity contribution >= 4 is 35.7 Å². The predicted octanol–water partition coefficient (Wildman–Crippen LogP) is 1.19. The Morgan fingerprint density at radius 2 is 1.54 bits per heavy atom. The minimum Gasteiger partial charge on any atom is -0.508 e. The van der Waals surface area contributed by atoms with E-state index in [9.17, 15) is 29.1 Å². The van der Waals surface area contributed by atoms with E-state index in [1.165, 1.54) is 24.3 Å². The van der Waals surface area contributed by atoms with E-state index in [1.807, 2.05) is 30.3 Å². The number of aromatic hydroxyl groups is 1. The predicted molar refractivity (Wildman–Crippen MR) is 142 cm³/mol. The molecule has 39 heavy (non-hydrogen) atoms. The molecular formula is C28H28N4O7. The van der Waals surface area contributed by atoms with Crippen LogP contribution in [0.15, 0.2) is 78.9 Å². The van der Waals surface area contributed by atoms with Gasteiger partial charge in [0.2, 0.25) is 5.91 Å². The van der Waals surface area contributed by atoms with Crippen LogP contribution in [0.5, 0.6) is 5.75 Å². The number of para-hydroxylation sites is 1. The van der Waals surface area contributed by atoms with E-state index in [4.69, 9.17) is 10.8 Å². The number of carbonyl (C=O) groups is 5. The smallest absolute Gasteiger partial charge is 0.305 e. The molecule has 0 heterocycles. The zero-order valence-corrected chi connectivity index (χ0v) is 20.8. The minimum absolute atomic E-state index is 0.0457. The number of carboxylic acids is 1. The van der Waals surface area contributed by atoms with Crippen LogP contribution < -0.4 is 21.3 Å². The van der Waals surface area contributed by atoms with Crippen molar-refractivity contribution in [3.05, 3.63) is 95.6 Å². The monoisotopic (exact) mass is 532 g/mol. The number of benzene rings is 3. The zero-order valence-electron chi connectivity index (χ0n) is 20.8. The van der Waals surface area contributed by atoms with Crippen molar-refractivity contribution in [1.82, 2.24) is 10.6 Å². The van der Waals surface area contributed by atoms with E-state index < -0.39 is 48.9 Å². The van der Waals surface area contributed by atoms with E-state index in [0.29, 0.717) is 24.0 Å². The molecule has 0 bridgehead atoms. The molecular weight excluding hydrogens is 504 g/mol. The van der Waals surface area contributed by atoms with Gasteiger partial charge < -0.3 is 31.4 Å². The third-order valence-electron chi connectivity index (χ3n) is 5.67. The summed E-state index contributed by atoms with van der Waals surface area (Å²) < 4.78 is 0. The van der Waals surface area contributed by atoms with Crippen LogP contribution in [0.1, 0.15) is 27.9 Å². The van der Waals surface area contributed by atoms with Gasteiger partial charge in [0.15, 0.2) is 6.17 Å². The first-order valence-corrected chi connectivity index (χ1v) is 11.9. The number of carboxylic acid groups (broad SMARTS) is 1. The fourth-order valence-corrected chi connectivity index (χ4v) is 3.81. The number of nitrogens with two attached hydrogens (primary N) is 1. The van der Waals surface area contributed by atoms with E-state index in [1.54, 1.807) is 24.3 Å². The number of hydrogen-bond acceptors (Lipinski definition) is 7. The Hall–Kier alpha value is -5.03. The quantitative estimate of drug-likeness (QED) is 0.170. The Labute approximate surface area is 224 Å². The second-order valence-corrected chi connectivity index (χ2v) is 8.62. The number of phenols is 1. The summed E-state index contributed by atoms with van der Waals surface area (Å²) in [7, 11) is 0. The number of rotatable bonds is 12. The molecule has 3 aromatic rings. The molecule has 6 N–H and O–H groups in total. The lowest BCUT2D eigenvalue weighted by atomic mass is 10.0. The summed E-state index contributed by atoms with van der Waals surface area (Å²) >= 11 is 0. The van der Waals surface area contributed by atoms with Crippen LogP contribution in [0.4, 0.5) is 5.69 Å². The average Bonchev–Trinajstić information content (AvgIpc) is 2.92. The second-order valence-electron chi connectivity index (χ2n) is 8.62. The van der Waals surface area contributed by atoms with Crippen LogP contribution >= 0.6 is 0 Å². The lowest BCUT2D eigenvalue weighted by Crippen LogP contribution is -2.56. The molecule has 1 unspecified atom stereocenters. The van der Waals surface area contributed by atoms with E-state index in [-0.39, 0.29) is 11.3 Å². The molecule has 3 amide bonds. The highest BCUT2D eigenvalue weighted by molar-refractivity contribution is 6.05. The number of aldehydes is 1. The van der Waals surface area contributed by atoms with Gasteiger partial charge in [0, 0.05) is 11.3 Å². The van der Waals surface area contributed by atoms with Gasteiger partial charge in [0.25, 0.3) is 11.8 Å². The summed E-state index contributed by atoms with van der Waals surface area (Å²) in [6.07, 6.45) is -1.49. The van der Waals surface area contributed by atoms with Crippen LogP contribution in [0.3, 0.4) is 0 Å². The summed E-state index contributed by atoms with van der Waals surface area (Å²) in [5.74, 6) is -3.63. The molecule has 0 radical (unpaired) electrons. The fourth-order valence-electron chi connectivity index (χ4n) is 3.81. The van der Waals surface area contributed by atoms with Gasteiger partial charge in [-0.15, -0.1) is 0 Å². The highest BCUT2D eigenvalue weighted by atomic mass is 16.4. The third kappa shape index (κ3) is 8.23. The Morgan fingerprint density at radius 1 is 0.897 bits per heavy atom. The maximum absolute atomic E-state index is 13.5. The van der Waals surface area contributed by atoms with E-state index >= 15 is 0 Å². The summed E-state index contributed by atoms with van der Waals surface area (Å²) in [6.45, 7) is -0.600. The standard InChI is InChI=1S/C28H28N4O7/c29-26(31-27(38)19-10-12-22(34)13-11-19)28(39)32(16-24(35)30-21(17-33)15-25(36)37)23-9-5-4-8-20(23)14-18-6-2-1-3-7-18/h1-13,17,21,26,34H,14-16,29H2,(H,30,35)(H,31,38)(H,36,37)/t21-,26?/m0/s1. The van der Waals surface area contributed by atoms with Crippen LogP contribution in [-0.4, -0.2) is 58.9 Å². The van der Waals surface area contributed by atoms with Gasteiger partial charge in [-0.25, -0.2) is 0 Å². The average molecular weight is 533 g/mol. The van der Waals surface area contributed by atoms with Gasteiger partial charge in [-0.1, -0.05) is 48.5 Å². The van der Waals surface area contributed by atoms with Gasteiger partial charge in [0.05, 0.1) is 12.5 Å². The van der Waals surface area contributed by atoms with Gasteiger partial charge in [-0.3, -0.25) is 24.1 Å². The molecule has 0 aromatic heterocycles. The molecule has 0 aliphatic heterocycles. The maximum Gasteiger partial charge on any atom is 0.305 e. The maximum atomic E-state index is 13.5. The number of phenolic OH excluding ortho intramolecular Hbond substituents is 1. The first-order chi connectivity index (χ1) is 18.7. The fraction of sp³-hybridized carbons (Fsp3) is 0.179. The first kappa shape index (κ1) is 28.5.